The number of aromatic nitrogens is 5. The molecule has 2 aromatic rings. The highest BCUT2D eigenvalue weighted by Crippen LogP contribution is 2.19. The van der Waals surface area contributed by atoms with Crippen LogP contribution in [0.5, 0.6) is 0 Å². The van der Waals surface area contributed by atoms with E-state index in [2.05, 4.69) is 38.8 Å². The zero-order valence-corrected chi connectivity index (χ0v) is 12.4. The SMILES string of the molecule is Cc1ncc(CNC2CC2)n1Cc1ncnn1C(C)C. The number of hydrogen-bond donors (Lipinski definition) is 1. The van der Waals surface area contributed by atoms with Crippen molar-refractivity contribution in [2.75, 3.05) is 0 Å². The molecule has 2 heterocycles. The summed E-state index contributed by atoms with van der Waals surface area (Å²) in [6, 6.07) is 1.03. The third kappa shape index (κ3) is 2.75. The average molecular weight is 274 g/mol. The molecule has 1 aliphatic carbocycles. The Morgan fingerprint density at radius 3 is 2.85 bits per heavy atom. The molecule has 0 aromatic carbocycles. The molecule has 0 aliphatic heterocycles. The lowest BCUT2D eigenvalue weighted by molar-refractivity contribution is 0.490. The first-order chi connectivity index (χ1) is 9.65. The Balaban J connectivity index is 1.78. The predicted octanol–water partition coefficient (Wildman–Crippen LogP) is 1.66. The molecule has 2 aromatic heterocycles. The maximum atomic E-state index is 4.44. The summed E-state index contributed by atoms with van der Waals surface area (Å²) in [5.74, 6) is 2.00. The number of nitrogens with zero attached hydrogens (tertiary/aromatic N) is 5. The van der Waals surface area contributed by atoms with Crippen molar-refractivity contribution in [1.82, 2.24) is 29.6 Å². The van der Waals surface area contributed by atoms with Crippen molar-refractivity contribution in [3.8, 4) is 0 Å². The standard InChI is InChI=1S/C14H22N6/c1-10(2)20-14(17-9-18-20)8-19-11(3)15-6-13(19)7-16-12-4-5-12/h6,9-10,12,16H,4-5,7-8H2,1-3H3. The number of nitrogens with one attached hydrogen (secondary N) is 1. The normalized spacial score (nSPS) is 15.2. The second kappa shape index (κ2) is 5.36. The van der Waals surface area contributed by atoms with E-state index in [1.165, 1.54) is 18.5 Å². The van der Waals surface area contributed by atoms with Crippen molar-refractivity contribution < 1.29 is 0 Å². The molecule has 1 aliphatic rings. The van der Waals surface area contributed by atoms with Gasteiger partial charge in [0.05, 0.1) is 12.2 Å². The minimum absolute atomic E-state index is 0.323. The van der Waals surface area contributed by atoms with Crippen LogP contribution in [-0.4, -0.2) is 30.4 Å². The van der Waals surface area contributed by atoms with Crippen molar-refractivity contribution >= 4 is 0 Å². The van der Waals surface area contributed by atoms with Crippen molar-refractivity contribution in [3.05, 3.63) is 29.9 Å². The highest BCUT2D eigenvalue weighted by Gasteiger charge is 2.21. The predicted molar refractivity (Wildman–Crippen MR) is 76.3 cm³/mol. The van der Waals surface area contributed by atoms with E-state index in [4.69, 9.17) is 0 Å². The van der Waals surface area contributed by atoms with E-state index in [1.807, 2.05) is 17.8 Å². The lowest BCUT2D eigenvalue weighted by Crippen LogP contribution is -2.20. The second-order valence-corrected chi connectivity index (χ2v) is 5.75. The molecule has 0 atom stereocenters. The van der Waals surface area contributed by atoms with Gasteiger partial charge < -0.3 is 9.88 Å². The van der Waals surface area contributed by atoms with Gasteiger partial charge in [-0.1, -0.05) is 0 Å². The molecule has 0 radical (unpaired) electrons. The van der Waals surface area contributed by atoms with Gasteiger partial charge in [0.25, 0.3) is 0 Å². The summed E-state index contributed by atoms with van der Waals surface area (Å²) in [6.45, 7) is 7.88. The van der Waals surface area contributed by atoms with Crippen molar-refractivity contribution in [2.45, 2.75) is 58.8 Å². The Morgan fingerprint density at radius 2 is 2.15 bits per heavy atom. The molecule has 6 nitrogen and oxygen atoms in total. The van der Waals surface area contributed by atoms with Crippen molar-refractivity contribution in [2.24, 2.45) is 0 Å². The molecule has 0 unspecified atom stereocenters. The molecular formula is C14H22N6. The summed E-state index contributed by atoms with van der Waals surface area (Å²) in [5.41, 5.74) is 1.22. The summed E-state index contributed by atoms with van der Waals surface area (Å²) in [4.78, 5) is 8.82. The fraction of sp³-hybridized carbons (Fsp3) is 0.643. The van der Waals surface area contributed by atoms with Gasteiger partial charge in [-0.05, 0) is 33.6 Å². The number of hydrogen-bond acceptors (Lipinski definition) is 4. The molecule has 1 N–H and O–H groups in total. The van der Waals surface area contributed by atoms with Gasteiger partial charge in [0.15, 0.2) is 0 Å². The first kappa shape index (κ1) is 13.3. The van der Waals surface area contributed by atoms with Crippen LogP contribution in [0.15, 0.2) is 12.5 Å². The Labute approximate surface area is 119 Å². The van der Waals surface area contributed by atoms with Gasteiger partial charge in [0.1, 0.15) is 18.0 Å². The number of rotatable bonds is 6. The lowest BCUT2D eigenvalue weighted by atomic mass is 10.4. The van der Waals surface area contributed by atoms with E-state index in [1.54, 1.807) is 6.33 Å². The highest BCUT2D eigenvalue weighted by molar-refractivity contribution is 5.07. The first-order valence-corrected chi connectivity index (χ1v) is 7.28. The van der Waals surface area contributed by atoms with Crippen molar-refractivity contribution in [1.29, 1.82) is 0 Å². The van der Waals surface area contributed by atoms with Crippen LogP contribution < -0.4 is 5.32 Å². The van der Waals surface area contributed by atoms with E-state index in [9.17, 15) is 0 Å². The Morgan fingerprint density at radius 1 is 1.35 bits per heavy atom. The van der Waals surface area contributed by atoms with Crippen molar-refractivity contribution in [3.63, 3.8) is 0 Å². The summed E-state index contributed by atoms with van der Waals surface area (Å²) in [7, 11) is 0. The highest BCUT2D eigenvalue weighted by atomic mass is 15.4. The van der Waals surface area contributed by atoms with Gasteiger partial charge in [-0.25, -0.2) is 14.6 Å². The molecule has 0 saturated heterocycles. The Hall–Kier alpha value is -1.69. The van der Waals surface area contributed by atoms with E-state index in [0.29, 0.717) is 12.1 Å². The minimum atomic E-state index is 0.323. The van der Waals surface area contributed by atoms with Crippen LogP contribution in [0.2, 0.25) is 0 Å². The minimum Gasteiger partial charge on any atom is -0.323 e. The second-order valence-electron chi connectivity index (χ2n) is 5.75. The summed E-state index contributed by atoms with van der Waals surface area (Å²) < 4.78 is 4.19. The molecule has 108 valence electrons. The molecule has 0 bridgehead atoms. The molecule has 1 saturated carbocycles. The average Bonchev–Trinajstić information content (AvgIpc) is 3.02. The summed E-state index contributed by atoms with van der Waals surface area (Å²) >= 11 is 0. The lowest BCUT2D eigenvalue weighted by Gasteiger charge is -2.13. The van der Waals surface area contributed by atoms with Gasteiger partial charge in [-0.3, -0.25) is 0 Å². The molecule has 0 amide bonds. The van der Waals surface area contributed by atoms with Gasteiger partial charge >= 0.3 is 0 Å². The number of imidazole rings is 1. The molecule has 20 heavy (non-hydrogen) atoms. The zero-order chi connectivity index (χ0) is 14.1. The Bertz CT molecular complexity index is 578. The first-order valence-electron chi connectivity index (χ1n) is 7.28. The van der Waals surface area contributed by atoms with Crippen LogP contribution in [-0.2, 0) is 13.1 Å². The third-order valence-corrected chi connectivity index (χ3v) is 3.72. The van der Waals surface area contributed by atoms with Crippen LogP contribution in [0, 0.1) is 6.92 Å². The molecule has 3 rings (SSSR count). The smallest absolute Gasteiger partial charge is 0.147 e. The van der Waals surface area contributed by atoms with E-state index in [-0.39, 0.29) is 0 Å². The Kier molecular flexibility index (Phi) is 3.56. The van der Waals surface area contributed by atoms with Crippen LogP contribution in [0.1, 0.15) is 50.1 Å². The fourth-order valence-electron chi connectivity index (χ4n) is 2.37. The van der Waals surface area contributed by atoms with Crippen LogP contribution in [0.3, 0.4) is 0 Å². The number of aryl methyl sites for hydroxylation is 1. The topological polar surface area (TPSA) is 60.6 Å². The maximum absolute atomic E-state index is 4.44. The van der Waals surface area contributed by atoms with Gasteiger partial charge in [0.2, 0.25) is 0 Å². The largest absolute Gasteiger partial charge is 0.323 e. The fourth-order valence-corrected chi connectivity index (χ4v) is 2.37. The monoisotopic (exact) mass is 274 g/mol. The molecular weight excluding hydrogens is 252 g/mol. The quantitative estimate of drug-likeness (QED) is 0.870. The van der Waals surface area contributed by atoms with E-state index >= 15 is 0 Å². The van der Waals surface area contributed by atoms with Gasteiger partial charge in [-0.15, -0.1) is 0 Å². The van der Waals surface area contributed by atoms with Crippen LogP contribution >= 0.6 is 0 Å². The molecule has 1 fully saturated rings. The summed E-state index contributed by atoms with van der Waals surface area (Å²) in [5, 5.41) is 7.84. The van der Waals surface area contributed by atoms with Crippen LogP contribution in [0.25, 0.3) is 0 Å². The van der Waals surface area contributed by atoms with Crippen LogP contribution in [0.4, 0.5) is 0 Å². The molecule has 6 heteroatoms. The van der Waals surface area contributed by atoms with E-state index in [0.717, 1.165) is 24.7 Å². The van der Waals surface area contributed by atoms with Gasteiger partial charge in [0, 0.05) is 24.8 Å². The van der Waals surface area contributed by atoms with Gasteiger partial charge in [-0.2, -0.15) is 5.10 Å². The zero-order valence-electron chi connectivity index (χ0n) is 12.4. The van der Waals surface area contributed by atoms with E-state index < -0.39 is 0 Å². The summed E-state index contributed by atoms with van der Waals surface area (Å²) in [6.07, 6.45) is 6.19. The third-order valence-electron chi connectivity index (χ3n) is 3.72. The maximum Gasteiger partial charge on any atom is 0.147 e. The molecule has 0 spiro atoms.